The predicted molar refractivity (Wildman–Crippen MR) is 80.9 cm³/mol. The molecule has 0 spiro atoms. The van der Waals surface area contributed by atoms with Gasteiger partial charge in [0.05, 0.1) is 0 Å². The summed E-state index contributed by atoms with van der Waals surface area (Å²) in [5.74, 6) is 0.111. The number of nitrogens with zero attached hydrogens (tertiary/aromatic N) is 1. The second-order valence-corrected chi connectivity index (χ2v) is 4.74. The Balaban J connectivity index is 2.03. The van der Waals surface area contributed by atoms with Crippen LogP contribution in [0.4, 0.5) is 0 Å². The van der Waals surface area contributed by atoms with Crippen molar-refractivity contribution in [2.24, 2.45) is 10.9 Å². The molecule has 0 aromatic heterocycles. The number of hydrogen-bond donors (Lipinski definition) is 3. The molecule has 104 valence electrons. The van der Waals surface area contributed by atoms with Crippen LogP contribution in [0.2, 0.25) is 5.02 Å². The van der Waals surface area contributed by atoms with Crippen molar-refractivity contribution in [3.63, 3.8) is 0 Å². The Morgan fingerprint density at radius 3 is 2.35 bits per heavy atom. The van der Waals surface area contributed by atoms with Crippen LogP contribution in [0.1, 0.15) is 16.7 Å². The van der Waals surface area contributed by atoms with Crippen LogP contribution < -0.4 is 11.1 Å². The number of halogens is 1. The van der Waals surface area contributed by atoms with Crippen molar-refractivity contribution in [3.8, 4) is 0 Å². The molecule has 0 saturated heterocycles. The second kappa shape index (κ2) is 6.93. The number of rotatable bonds is 5. The van der Waals surface area contributed by atoms with Crippen molar-refractivity contribution in [1.29, 1.82) is 0 Å². The summed E-state index contributed by atoms with van der Waals surface area (Å²) >= 11 is 6.10. The van der Waals surface area contributed by atoms with E-state index >= 15 is 0 Å². The molecular weight excluding hydrogens is 274 g/mol. The van der Waals surface area contributed by atoms with E-state index in [1.807, 2.05) is 48.5 Å². The van der Waals surface area contributed by atoms with Gasteiger partial charge < -0.3 is 16.3 Å². The molecule has 0 bridgehead atoms. The maximum Gasteiger partial charge on any atom is 0.170 e. The molecule has 4 N–H and O–H groups in total. The van der Waals surface area contributed by atoms with Gasteiger partial charge in [0.1, 0.15) is 0 Å². The van der Waals surface area contributed by atoms with Crippen molar-refractivity contribution in [1.82, 2.24) is 5.32 Å². The first-order chi connectivity index (χ1) is 9.72. The quantitative estimate of drug-likeness (QED) is 0.343. The molecule has 2 aromatic carbocycles. The summed E-state index contributed by atoms with van der Waals surface area (Å²) in [6.07, 6.45) is 0. The van der Waals surface area contributed by atoms with E-state index in [1.165, 1.54) is 0 Å². The number of benzene rings is 2. The van der Waals surface area contributed by atoms with Gasteiger partial charge in [0.25, 0.3) is 0 Å². The third kappa shape index (κ3) is 3.50. The molecule has 0 fully saturated rings. The first-order valence-electron chi connectivity index (χ1n) is 6.22. The average Bonchev–Trinajstić information content (AvgIpc) is 2.49. The minimum Gasteiger partial charge on any atom is -0.409 e. The largest absolute Gasteiger partial charge is 0.409 e. The standard InChI is InChI=1S/C15H16ClN3O/c16-14-8-4-2-6-12(14)10-18-9-11-5-1-3-7-13(11)15(17)19-20/h1-8,18,20H,9-10H2,(H2,17,19). The van der Waals surface area contributed by atoms with Gasteiger partial charge >= 0.3 is 0 Å². The smallest absolute Gasteiger partial charge is 0.170 e. The van der Waals surface area contributed by atoms with Crippen LogP contribution in [0.25, 0.3) is 0 Å². The van der Waals surface area contributed by atoms with Gasteiger partial charge in [-0.05, 0) is 17.2 Å². The maximum absolute atomic E-state index is 8.78. The average molecular weight is 290 g/mol. The fourth-order valence-corrected chi connectivity index (χ4v) is 2.15. The van der Waals surface area contributed by atoms with Gasteiger partial charge in [-0.1, -0.05) is 59.2 Å². The number of nitrogens with two attached hydrogens (primary N) is 1. The van der Waals surface area contributed by atoms with Gasteiger partial charge in [0, 0.05) is 23.7 Å². The molecule has 0 aliphatic rings. The van der Waals surface area contributed by atoms with E-state index in [0.717, 1.165) is 21.7 Å². The van der Waals surface area contributed by atoms with E-state index in [2.05, 4.69) is 10.5 Å². The lowest BCUT2D eigenvalue weighted by Crippen LogP contribution is -2.19. The lowest BCUT2D eigenvalue weighted by atomic mass is 10.1. The summed E-state index contributed by atoms with van der Waals surface area (Å²) in [5.41, 5.74) is 8.38. The third-order valence-electron chi connectivity index (χ3n) is 2.99. The summed E-state index contributed by atoms with van der Waals surface area (Å²) < 4.78 is 0. The minimum atomic E-state index is 0.111. The van der Waals surface area contributed by atoms with Crippen molar-refractivity contribution in [3.05, 3.63) is 70.2 Å². The summed E-state index contributed by atoms with van der Waals surface area (Å²) in [7, 11) is 0. The highest BCUT2D eigenvalue weighted by molar-refractivity contribution is 6.31. The van der Waals surface area contributed by atoms with Crippen molar-refractivity contribution in [2.45, 2.75) is 13.1 Å². The molecule has 0 aliphatic carbocycles. The fourth-order valence-electron chi connectivity index (χ4n) is 1.95. The molecule has 0 saturated carbocycles. The molecule has 2 aromatic rings. The van der Waals surface area contributed by atoms with Crippen LogP contribution >= 0.6 is 11.6 Å². The zero-order chi connectivity index (χ0) is 14.4. The number of nitrogens with one attached hydrogen (secondary N) is 1. The van der Waals surface area contributed by atoms with E-state index in [1.54, 1.807) is 0 Å². The van der Waals surface area contributed by atoms with Crippen LogP contribution in [0, 0.1) is 0 Å². The monoisotopic (exact) mass is 289 g/mol. The normalized spacial score (nSPS) is 11.6. The first kappa shape index (κ1) is 14.4. The third-order valence-corrected chi connectivity index (χ3v) is 3.36. The molecule has 0 amide bonds. The summed E-state index contributed by atoms with van der Waals surface area (Å²) in [6.45, 7) is 1.27. The predicted octanol–water partition coefficient (Wildman–Crippen LogP) is 2.72. The molecule has 0 heterocycles. The van der Waals surface area contributed by atoms with Gasteiger partial charge in [-0.3, -0.25) is 0 Å². The van der Waals surface area contributed by atoms with Gasteiger partial charge in [-0.15, -0.1) is 0 Å². The Labute approximate surface area is 122 Å². The van der Waals surface area contributed by atoms with Crippen molar-refractivity contribution < 1.29 is 5.21 Å². The molecular formula is C15H16ClN3O. The van der Waals surface area contributed by atoms with E-state index < -0.39 is 0 Å². The van der Waals surface area contributed by atoms with Crippen LogP contribution in [0.5, 0.6) is 0 Å². The number of hydrogen-bond acceptors (Lipinski definition) is 3. The zero-order valence-corrected chi connectivity index (χ0v) is 11.6. The molecule has 4 nitrogen and oxygen atoms in total. The van der Waals surface area contributed by atoms with Crippen molar-refractivity contribution >= 4 is 17.4 Å². The van der Waals surface area contributed by atoms with E-state index in [-0.39, 0.29) is 5.84 Å². The van der Waals surface area contributed by atoms with E-state index in [4.69, 9.17) is 22.5 Å². The minimum absolute atomic E-state index is 0.111. The number of oxime groups is 1. The van der Waals surface area contributed by atoms with E-state index in [0.29, 0.717) is 13.1 Å². The second-order valence-electron chi connectivity index (χ2n) is 4.34. The van der Waals surface area contributed by atoms with E-state index in [9.17, 15) is 0 Å². The molecule has 5 heteroatoms. The summed E-state index contributed by atoms with van der Waals surface area (Å²) in [5, 5.41) is 15.9. The van der Waals surface area contributed by atoms with Gasteiger partial charge in [0.2, 0.25) is 0 Å². The molecule has 2 rings (SSSR count). The van der Waals surface area contributed by atoms with Crippen LogP contribution in [-0.4, -0.2) is 11.0 Å². The Hall–Kier alpha value is -2.04. The van der Waals surface area contributed by atoms with Gasteiger partial charge in [-0.25, -0.2) is 0 Å². The first-order valence-corrected chi connectivity index (χ1v) is 6.60. The number of amidine groups is 1. The molecule has 20 heavy (non-hydrogen) atoms. The highest BCUT2D eigenvalue weighted by atomic mass is 35.5. The Morgan fingerprint density at radius 2 is 1.65 bits per heavy atom. The van der Waals surface area contributed by atoms with Crippen LogP contribution in [-0.2, 0) is 13.1 Å². The highest BCUT2D eigenvalue weighted by Gasteiger charge is 2.06. The maximum atomic E-state index is 8.78. The Morgan fingerprint density at radius 1 is 1.05 bits per heavy atom. The van der Waals surface area contributed by atoms with Gasteiger partial charge in [-0.2, -0.15) is 0 Å². The summed E-state index contributed by atoms with van der Waals surface area (Å²) in [4.78, 5) is 0. The molecule has 0 aliphatic heterocycles. The van der Waals surface area contributed by atoms with Crippen LogP contribution in [0.3, 0.4) is 0 Å². The molecule has 0 radical (unpaired) electrons. The van der Waals surface area contributed by atoms with Crippen LogP contribution in [0.15, 0.2) is 53.7 Å². The molecule has 0 atom stereocenters. The lowest BCUT2D eigenvalue weighted by molar-refractivity contribution is 0.318. The Bertz CT molecular complexity index is 614. The lowest BCUT2D eigenvalue weighted by Gasteiger charge is -2.10. The SMILES string of the molecule is NC(=NO)c1ccccc1CNCc1ccccc1Cl. The fraction of sp³-hybridized carbons (Fsp3) is 0.133. The topological polar surface area (TPSA) is 70.6 Å². The van der Waals surface area contributed by atoms with Gasteiger partial charge in [0.15, 0.2) is 5.84 Å². The van der Waals surface area contributed by atoms with Crippen molar-refractivity contribution in [2.75, 3.05) is 0 Å². The summed E-state index contributed by atoms with van der Waals surface area (Å²) in [6, 6.07) is 15.2. The Kier molecular flexibility index (Phi) is 4.98. The highest BCUT2D eigenvalue weighted by Crippen LogP contribution is 2.15. The zero-order valence-electron chi connectivity index (χ0n) is 10.9. The molecule has 0 unspecified atom stereocenters.